The van der Waals surface area contributed by atoms with Gasteiger partial charge in [-0.25, -0.2) is 0 Å². The van der Waals surface area contributed by atoms with Crippen molar-refractivity contribution in [1.82, 2.24) is 10.6 Å². The van der Waals surface area contributed by atoms with E-state index in [0.717, 1.165) is 31.0 Å². The Bertz CT molecular complexity index is 170. The van der Waals surface area contributed by atoms with Crippen LogP contribution >= 0.6 is 37.9 Å². The first-order valence-corrected chi connectivity index (χ1v) is 7.82. The number of hydrogen-bond acceptors (Lipinski definition) is 7. The van der Waals surface area contributed by atoms with Crippen molar-refractivity contribution in [3.05, 3.63) is 0 Å². The highest BCUT2D eigenvalue weighted by Gasteiger charge is 2.11. The maximum absolute atomic E-state index is 5.82. The quantitative estimate of drug-likeness (QED) is 0.259. The van der Waals surface area contributed by atoms with Crippen LogP contribution in [-0.4, -0.2) is 55.0 Å². The van der Waals surface area contributed by atoms with Crippen molar-refractivity contribution >= 4 is 37.9 Å². The molecule has 6 N–H and O–H groups in total. The molecule has 0 amide bonds. The summed E-state index contributed by atoms with van der Waals surface area (Å²) in [5.41, 5.74) is 11.4. The molecular formula is C10H26N4S3. The Hall–Kier alpha value is 0.890. The van der Waals surface area contributed by atoms with Crippen molar-refractivity contribution in [1.29, 1.82) is 0 Å². The summed E-state index contributed by atoms with van der Waals surface area (Å²) in [4.78, 5) is 0. The van der Waals surface area contributed by atoms with Crippen LogP contribution in [0.2, 0.25) is 0 Å². The average Bonchev–Trinajstić information content (AvgIpc) is 2.36. The predicted molar refractivity (Wildman–Crippen MR) is 86.8 cm³/mol. The summed E-state index contributed by atoms with van der Waals surface area (Å²) in [7, 11) is 0. The summed E-state index contributed by atoms with van der Waals surface area (Å²) in [5, 5.41) is 6.81. The molecule has 0 heterocycles. The first-order chi connectivity index (χ1) is 8.17. The topological polar surface area (TPSA) is 76.1 Å². The van der Waals surface area contributed by atoms with Crippen LogP contribution in [0.1, 0.15) is 6.42 Å². The van der Waals surface area contributed by atoms with E-state index in [-0.39, 0.29) is 12.1 Å². The van der Waals surface area contributed by atoms with Crippen molar-refractivity contribution in [3.8, 4) is 0 Å². The molecule has 0 aromatic rings. The maximum atomic E-state index is 5.82. The van der Waals surface area contributed by atoms with Gasteiger partial charge in [0.05, 0.1) is 0 Å². The number of rotatable bonds is 11. The lowest BCUT2D eigenvalue weighted by atomic mass is 10.2. The highest BCUT2D eigenvalue weighted by atomic mass is 32.1. The van der Waals surface area contributed by atoms with Gasteiger partial charge >= 0.3 is 0 Å². The highest BCUT2D eigenvalue weighted by Crippen LogP contribution is 1.95. The Morgan fingerprint density at radius 2 is 1.59 bits per heavy atom. The summed E-state index contributed by atoms with van der Waals surface area (Å²) in [6, 6.07) is 0.726. The third-order valence-corrected chi connectivity index (χ3v) is 3.71. The second-order valence-corrected chi connectivity index (χ2v) is 5.26. The van der Waals surface area contributed by atoms with Gasteiger partial charge in [-0.3, -0.25) is 0 Å². The summed E-state index contributed by atoms with van der Waals surface area (Å²) in [5.74, 6) is 2.29. The van der Waals surface area contributed by atoms with Crippen LogP contribution in [0.25, 0.3) is 0 Å². The number of hydrogen-bond donors (Lipinski definition) is 7. The van der Waals surface area contributed by atoms with Crippen molar-refractivity contribution in [2.24, 2.45) is 11.5 Å². The summed E-state index contributed by atoms with van der Waals surface area (Å²) < 4.78 is 0. The van der Waals surface area contributed by atoms with E-state index >= 15 is 0 Å². The monoisotopic (exact) mass is 298 g/mol. The second kappa shape index (κ2) is 12.0. The lowest BCUT2D eigenvalue weighted by molar-refractivity contribution is 0.430. The zero-order valence-electron chi connectivity index (χ0n) is 10.2. The fraction of sp³-hybridized carbons (Fsp3) is 1.00. The molecule has 0 saturated heterocycles. The number of thiol groups is 3. The third-order valence-electron chi connectivity index (χ3n) is 2.54. The molecule has 0 aromatic heterocycles. The minimum atomic E-state index is 0.0935. The van der Waals surface area contributed by atoms with Gasteiger partial charge in [0.15, 0.2) is 0 Å². The van der Waals surface area contributed by atoms with Crippen LogP contribution in [0, 0.1) is 0 Å². The number of nitrogens with two attached hydrogens (primary N) is 2. The van der Waals surface area contributed by atoms with E-state index in [4.69, 9.17) is 11.5 Å². The smallest absolute Gasteiger partial charge is 0.0278 e. The summed E-state index contributed by atoms with van der Waals surface area (Å²) >= 11 is 12.7. The minimum absolute atomic E-state index is 0.0935. The Balaban J connectivity index is 3.88. The normalized spacial score (nSPS) is 16.8. The lowest BCUT2D eigenvalue weighted by Gasteiger charge is -2.23. The van der Waals surface area contributed by atoms with Gasteiger partial charge in [-0.05, 0) is 12.2 Å². The summed E-state index contributed by atoms with van der Waals surface area (Å²) in [6.07, 6.45) is 0.999. The van der Waals surface area contributed by atoms with E-state index in [1.165, 1.54) is 0 Å². The second-order valence-electron chi connectivity index (χ2n) is 4.08. The molecule has 3 atom stereocenters. The van der Waals surface area contributed by atoms with Gasteiger partial charge in [0.1, 0.15) is 0 Å². The molecule has 4 nitrogen and oxygen atoms in total. The molecule has 0 aliphatic rings. The first-order valence-electron chi connectivity index (χ1n) is 5.92. The van der Waals surface area contributed by atoms with Crippen molar-refractivity contribution in [2.75, 3.05) is 36.9 Å². The van der Waals surface area contributed by atoms with Crippen LogP contribution in [-0.2, 0) is 0 Å². The summed E-state index contributed by atoms with van der Waals surface area (Å²) in [6.45, 7) is 2.24. The van der Waals surface area contributed by atoms with Gasteiger partial charge in [-0.1, -0.05) is 0 Å². The van der Waals surface area contributed by atoms with Crippen LogP contribution in [0.15, 0.2) is 0 Å². The van der Waals surface area contributed by atoms with Gasteiger partial charge in [0, 0.05) is 49.3 Å². The molecule has 7 heteroatoms. The molecule has 0 bridgehead atoms. The van der Waals surface area contributed by atoms with Gasteiger partial charge < -0.3 is 22.1 Å². The van der Waals surface area contributed by atoms with Gasteiger partial charge in [-0.15, -0.1) is 0 Å². The molecule has 104 valence electrons. The van der Waals surface area contributed by atoms with E-state index in [9.17, 15) is 0 Å². The highest BCUT2D eigenvalue weighted by molar-refractivity contribution is 7.80. The molecule has 0 spiro atoms. The molecule has 0 saturated carbocycles. The molecule has 0 aliphatic heterocycles. The Morgan fingerprint density at radius 1 is 0.941 bits per heavy atom. The van der Waals surface area contributed by atoms with Crippen molar-refractivity contribution in [3.63, 3.8) is 0 Å². The van der Waals surface area contributed by atoms with Gasteiger partial charge in [0.2, 0.25) is 0 Å². The molecule has 0 aromatic carbocycles. The van der Waals surface area contributed by atoms with E-state index in [1.807, 2.05) is 0 Å². The van der Waals surface area contributed by atoms with Crippen LogP contribution in [0.3, 0.4) is 0 Å². The van der Waals surface area contributed by atoms with E-state index < -0.39 is 0 Å². The molecular weight excluding hydrogens is 272 g/mol. The first kappa shape index (κ1) is 17.9. The van der Waals surface area contributed by atoms with E-state index in [2.05, 4.69) is 48.5 Å². The maximum Gasteiger partial charge on any atom is 0.0278 e. The third kappa shape index (κ3) is 9.47. The van der Waals surface area contributed by atoms with Crippen molar-refractivity contribution in [2.45, 2.75) is 24.5 Å². The van der Waals surface area contributed by atoms with E-state index in [1.54, 1.807) is 0 Å². The van der Waals surface area contributed by atoms with Gasteiger partial charge in [0.25, 0.3) is 0 Å². The average molecular weight is 299 g/mol. The van der Waals surface area contributed by atoms with Crippen LogP contribution in [0.5, 0.6) is 0 Å². The lowest BCUT2D eigenvalue weighted by Crippen LogP contribution is -2.48. The molecule has 0 fully saturated rings. The zero-order chi connectivity index (χ0) is 13.1. The molecule has 17 heavy (non-hydrogen) atoms. The predicted octanol–water partition coefficient (Wildman–Crippen LogP) is -0.632. The standard InChI is InChI=1S/C10H26N4S3/c11-3-10(7-17)14-5-9(1-2-15)13-4-8(12)6-16/h8-10,13-17H,1-7,11-12H2/t8-,9+,10-/m0/s1. The SMILES string of the molecule is NC[C@@H](CS)NC[C@@H](CCS)NC[C@H](N)CS. The molecule has 0 unspecified atom stereocenters. The fourth-order valence-electron chi connectivity index (χ4n) is 1.35. The number of nitrogens with one attached hydrogen (secondary N) is 2. The van der Waals surface area contributed by atoms with Crippen molar-refractivity contribution < 1.29 is 0 Å². The van der Waals surface area contributed by atoms with Gasteiger partial charge in [-0.2, -0.15) is 37.9 Å². The largest absolute Gasteiger partial charge is 0.329 e. The minimum Gasteiger partial charge on any atom is -0.329 e. The Kier molecular flexibility index (Phi) is 12.6. The van der Waals surface area contributed by atoms with Crippen LogP contribution in [0.4, 0.5) is 0 Å². The molecule has 0 rings (SSSR count). The van der Waals surface area contributed by atoms with Crippen LogP contribution < -0.4 is 22.1 Å². The zero-order valence-corrected chi connectivity index (χ0v) is 12.9. The molecule has 0 aliphatic carbocycles. The Labute approximate surface area is 121 Å². The molecule has 0 radical (unpaired) electrons. The Morgan fingerprint density at radius 3 is 2.06 bits per heavy atom. The fourth-order valence-corrected chi connectivity index (χ4v) is 2.07. The van der Waals surface area contributed by atoms with E-state index in [0.29, 0.717) is 18.3 Å².